The number of hydrogen-bond donors (Lipinski definition) is 1. The second kappa shape index (κ2) is 4.85. The smallest absolute Gasteiger partial charge is 0.00485 e. The molecule has 0 amide bonds. The maximum atomic E-state index is 5.38. The van der Waals surface area contributed by atoms with Gasteiger partial charge in [-0.3, -0.25) is 0 Å². The first-order valence-electron chi connectivity index (χ1n) is 3.12. The molecule has 0 aliphatic heterocycles. The van der Waals surface area contributed by atoms with E-state index in [-0.39, 0.29) is 0 Å². The highest BCUT2D eigenvalue weighted by atomic mass is 14.5. The van der Waals surface area contributed by atoms with E-state index in [1.54, 1.807) is 0 Å². The van der Waals surface area contributed by atoms with Crippen molar-refractivity contribution in [3.8, 4) is 0 Å². The standard InChI is InChI=1S/C7H15N/c1-3-4-5-7(2)6-8/h3-4,7H,5-6,8H2,1-2H3/b4-3-. The summed E-state index contributed by atoms with van der Waals surface area (Å²) in [5, 5.41) is 0. The van der Waals surface area contributed by atoms with Crippen molar-refractivity contribution >= 4 is 0 Å². The van der Waals surface area contributed by atoms with E-state index in [9.17, 15) is 0 Å². The molecule has 0 aromatic rings. The van der Waals surface area contributed by atoms with Gasteiger partial charge in [0.2, 0.25) is 0 Å². The van der Waals surface area contributed by atoms with Gasteiger partial charge in [-0.15, -0.1) is 0 Å². The van der Waals surface area contributed by atoms with E-state index in [0.717, 1.165) is 13.0 Å². The molecule has 8 heavy (non-hydrogen) atoms. The first kappa shape index (κ1) is 7.70. The lowest BCUT2D eigenvalue weighted by Gasteiger charge is -2.00. The van der Waals surface area contributed by atoms with Crippen LogP contribution < -0.4 is 5.73 Å². The van der Waals surface area contributed by atoms with Gasteiger partial charge in [-0.05, 0) is 25.8 Å². The average molecular weight is 113 g/mol. The predicted molar refractivity (Wildman–Crippen MR) is 37.6 cm³/mol. The van der Waals surface area contributed by atoms with E-state index in [0.29, 0.717) is 5.92 Å². The van der Waals surface area contributed by atoms with E-state index in [4.69, 9.17) is 5.73 Å². The first-order valence-corrected chi connectivity index (χ1v) is 3.12. The van der Waals surface area contributed by atoms with Gasteiger partial charge in [-0.1, -0.05) is 19.1 Å². The maximum absolute atomic E-state index is 5.38. The lowest BCUT2D eigenvalue weighted by atomic mass is 10.1. The fraction of sp³-hybridized carbons (Fsp3) is 0.714. The summed E-state index contributed by atoms with van der Waals surface area (Å²) in [5.41, 5.74) is 5.38. The molecule has 1 atom stereocenters. The van der Waals surface area contributed by atoms with Gasteiger partial charge in [0.25, 0.3) is 0 Å². The topological polar surface area (TPSA) is 26.0 Å². The molecule has 48 valence electrons. The Morgan fingerprint density at radius 2 is 2.25 bits per heavy atom. The van der Waals surface area contributed by atoms with Crippen molar-refractivity contribution in [2.75, 3.05) is 6.54 Å². The first-order chi connectivity index (χ1) is 3.81. The second-order valence-electron chi connectivity index (χ2n) is 2.15. The molecule has 1 unspecified atom stereocenters. The Morgan fingerprint density at radius 1 is 1.62 bits per heavy atom. The molecule has 2 N–H and O–H groups in total. The largest absolute Gasteiger partial charge is 0.330 e. The van der Waals surface area contributed by atoms with Crippen molar-refractivity contribution in [2.45, 2.75) is 20.3 Å². The molecule has 0 bridgehead atoms. The zero-order valence-electron chi connectivity index (χ0n) is 5.72. The fourth-order valence-electron chi connectivity index (χ4n) is 0.465. The summed E-state index contributed by atoms with van der Waals surface area (Å²) < 4.78 is 0. The van der Waals surface area contributed by atoms with Crippen molar-refractivity contribution < 1.29 is 0 Å². The third-order valence-electron chi connectivity index (χ3n) is 1.18. The Morgan fingerprint density at radius 3 is 2.62 bits per heavy atom. The van der Waals surface area contributed by atoms with Crippen LogP contribution in [0, 0.1) is 5.92 Å². The number of nitrogens with two attached hydrogens (primary N) is 1. The zero-order valence-corrected chi connectivity index (χ0v) is 5.72. The van der Waals surface area contributed by atoms with E-state index in [1.165, 1.54) is 0 Å². The number of allylic oxidation sites excluding steroid dienone is 2. The summed E-state index contributed by atoms with van der Waals surface area (Å²) in [6.45, 7) is 4.98. The Hall–Kier alpha value is -0.300. The van der Waals surface area contributed by atoms with Crippen LogP contribution in [0.2, 0.25) is 0 Å². The molecule has 0 aromatic carbocycles. The summed E-state index contributed by atoms with van der Waals surface area (Å²) in [6, 6.07) is 0. The Kier molecular flexibility index (Phi) is 4.67. The monoisotopic (exact) mass is 113 g/mol. The van der Waals surface area contributed by atoms with Gasteiger partial charge in [0.15, 0.2) is 0 Å². The molecule has 1 nitrogen and oxygen atoms in total. The van der Waals surface area contributed by atoms with Crippen LogP contribution in [0.4, 0.5) is 0 Å². The van der Waals surface area contributed by atoms with Crippen LogP contribution in [-0.4, -0.2) is 6.54 Å². The molecular weight excluding hydrogens is 98.1 g/mol. The number of rotatable bonds is 3. The highest BCUT2D eigenvalue weighted by Crippen LogP contribution is 1.98. The Balaban J connectivity index is 3.10. The Bertz CT molecular complexity index is 66.8. The van der Waals surface area contributed by atoms with Crippen molar-refractivity contribution in [1.82, 2.24) is 0 Å². The van der Waals surface area contributed by atoms with Gasteiger partial charge in [-0.2, -0.15) is 0 Å². The van der Waals surface area contributed by atoms with Crippen LogP contribution in [0.25, 0.3) is 0 Å². The molecule has 0 aromatic heterocycles. The lowest BCUT2D eigenvalue weighted by molar-refractivity contribution is 0.606. The van der Waals surface area contributed by atoms with Gasteiger partial charge < -0.3 is 5.73 Å². The molecule has 1 heteroatoms. The minimum Gasteiger partial charge on any atom is -0.330 e. The summed E-state index contributed by atoms with van der Waals surface area (Å²) in [5.74, 6) is 0.645. The Labute approximate surface area is 51.6 Å². The van der Waals surface area contributed by atoms with Gasteiger partial charge in [0.1, 0.15) is 0 Å². The third-order valence-corrected chi connectivity index (χ3v) is 1.18. The predicted octanol–water partition coefficient (Wildman–Crippen LogP) is 1.55. The molecule has 0 saturated carbocycles. The average Bonchev–Trinajstić information content (AvgIpc) is 1.83. The normalized spacial score (nSPS) is 14.9. The van der Waals surface area contributed by atoms with Gasteiger partial charge >= 0.3 is 0 Å². The zero-order chi connectivity index (χ0) is 6.41. The minimum absolute atomic E-state index is 0.645. The molecule has 0 heterocycles. The quantitative estimate of drug-likeness (QED) is 0.552. The highest BCUT2D eigenvalue weighted by Gasteiger charge is 1.91. The summed E-state index contributed by atoms with van der Waals surface area (Å²) >= 11 is 0. The molecule has 0 spiro atoms. The van der Waals surface area contributed by atoms with E-state index >= 15 is 0 Å². The summed E-state index contributed by atoms with van der Waals surface area (Å²) in [6.07, 6.45) is 5.33. The summed E-state index contributed by atoms with van der Waals surface area (Å²) in [7, 11) is 0. The van der Waals surface area contributed by atoms with E-state index in [2.05, 4.69) is 19.1 Å². The molecule has 0 saturated heterocycles. The molecule has 0 fully saturated rings. The van der Waals surface area contributed by atoms with Gasteiger partial charge in [0.05, 0.1) is 0 Å². The van der Waals surface area contributed by atoms with Crippen molar-refractivity contribution in [2.24, 2.45) is 11.7 Å². The molecule has 0 aliphatic carbocycles. The van der Waals surface area contributed by atoms with Crippen molar-refractivity contribution in [3.05, 3.63) is 12.2 Å². The van der Waals surface area contributed by atoms with Crippen LogP contribution >= 0.6 is 0 Å². The van der Waals surface area contributed by atoms with Crippen LogP contribution in [-0.2, 0) is 0 Å². The highest BCUT2D eigenvalue weighted by molar-refractivity contribution is 4.78. The van der Waals surface area contributed by atoms with Gasteiger partial charge in [-0.25, -0.2) is 0 Å². The maximum Gasteiger partial charge on any atom is -0.00485 e. The fourth-order valence-corrected chi connectivity index (χ4v) is 0.465. The van der Waals surface area contributed by atoms with E-state index < -0.39 is 0 Å². The van der Waals surface area contributed by atoms with E-state index in [1.807, 2.05) is 6.92 Å². The minimum atomic E-state index is 0.645. The summed E-state index contributed by atoms with van der Waals surface area (Å²) in [4.78, 5) is 0. The molecule has 0 radical (unpaired) electrons. The lowest BCUT2D eigenvalue weighted by Crippen LogP contribution is -2.09. The molecule has 0 aliphatic rings. The number of hydrogen-bond acceptors (Lipinski definition) is 1. The SMILES string of the molecule is C/C=C\CC(C)CN. The molecule has 0 rings (SSSR count). The van der Waals surface area contributed by atoms with Crippen LogP contribution in [0.3, 0.4) is 0 Å². The third kappa shape index (κ3) is 3.88. The van der Waals surface area contributed by atoms with Crippen LogP contribution in [0.5, 0.6) is 0 Å². The second-order valence-corrected chi connectivity index (χ2v) is 2.15. The molecular formula is C7H15N. The van der Waals surface area contributed by atoms with Crippen molar-refractivity contribution in [3.63, 3.8) is 0 Å². The van der Waals surface area contributed by atoms with Gasteiger partial charge in [0, 0.05) is 0 Å². The van der Waals surface area contributed by atoms with Crippen LogP contribution in [0.1, 0.15) is 20.3 Å². The van der Waals surface area contributed by atoms with Crippen LogP contribution in [0.15, 0.2) is 12.2 Å². The van der Waals surface area contributed by atoms with Crippen molar-refractivity contribution in [1.29, 1.82) is 0 Å².